The normalized spacial score (nSPS) is 27.8. The molecule has 0 radical (unpaired) electrons. The minimum atomic E-state index is 0.123. The monoisotopic (exact) mass is 762 g/mol. The Morgan fingerprint density at radius 2 is 0.621 bits per heavy atom. The second kappa shape index (κ2) is 15.5. The van der Waals surface area contributed by atoms with Crippen LogP contribution in [0.15, 0.2) is 158 Å². The maximum Gasteiger partial charge on any atom is 0.0804 e. The van der Waals surface area contributed by atoms with Gasteiger partial charge in [-0.15, -0.1) is 0 Å². The van der Waals surface area contributed by atoms with Gasteiger partial charge in [0.15, 0.2) is 0 Å². The smallest absolute Gasteiger partial charge is 0.0804 e. The Bertz CT molecular complexity index is 2050. The average Bonchev–Trinajstić information content (AvgIpc) is 3.30. The molecule has 2 aliphatic heterocycles. The van der Waals surface area contributed by atoms with Gasteiger partial charge in [-0.1, -0.05) is 147 Å². The molecular formula is C54H54N2O2. The van der Waals surface area contributed by atoms with E-state index >= 15 is 0 Å². The van der Waals surface area contributed by atoms with E-state index < -0.39 is 0 Å². The summed E-state index contributed by atoms with van der Waals surface area (Å²) >= 11 is 0. The molecule has 58 heavy (non-hydrogen) atoms. The number of nitrogens with zero attached hydrogens (tertiary/aromatic N) is 2. The second-order valence-corrected chi connectivity index (χ2v) is 17.6. The number of anilines is 2. The fourth-order valence-corrected chi connectivity index (χ4v) is 11.5. The topological polar surface area (TPSA) is 24.9 Å². The standard InChI is InChI=1S/C54H54N2O2/c1-5-17-37(18-6-1)41-29-42(38-19-7-2-8-20-38)32-45(31-41)55-47-25-13-15-27-51(47)57-53-36-50-54(35-49(53)55)58-52-28-16-14-26-48(52)56(50)46-33-43(39-21-9-3-10-22-39)30-44(34-46)40-23-11-4-12-24-40/h1-12,17-24,29-34,47-54H,13-16,25-28,35-36H2. The van der Waals surface area contributed by atoms with Gasteiger partial charge in [0.25, 0.3) is 0 Å². The Balaban J connectivity index is 1.01. The Labute approximate surface area is 344 Å². The van der Waals surface area contributed by atoms with Crippen LogP contribution < -0.4 is 9.80 Å². The first-order chi connectivity index (χ1) is 28.7. The van der Waals surface area contributed by atoms with E-state index in [0.717, 1.165) is 25.7 Å². The first-order valence-electron chi connectivity index (χ1n) is 22.1. The highest BCUT2D eigenvalue weighted by Gasteiger charge is 2.54. The van der Waals surface area contributed by atoms with Gasteiger partial charge in [-0.2, -0.15) is 0 Å². The van der Waals surface area contributed by atoms with Crippen molar-refractivity contribution >= 4 is 11.4 Å². The second-order valence-electron chi connectivity index (χ2n) is 17.6. The van der Waals surface area contributed by atoms with Crippen LogP contribution in [-0.2, 0) is 9.47 Å². The number of rotatable bonds is 6. The summed E-state index contributed by atoms with van der Waals surface area (Å²) < 4.78 is 14.8. The van der Waals surface area contributed by atoms with Gasteiger partial charge in [0.1, 0.15) is 0 Å². The van der Waals surface area contributed by atoms with Crippen molar-refractivity contribution in [1.29, 1.82) is 0 Å². The summed E-state index contributed by atoms with van der Waals surface area (Å²) in [6, 6.07) is 59.7. The van der Waals surface area contributed by atoms with Crippen molar-refractivity contribution in [1.82, 2.24) is 0 Å². The lowest BCUT2D eigenvalue weighted by Gasteiger charge is -2.61. The van der Waals surface area contributed by atoms with Gasteiger partial charge < -0.3 is 19.3 Å². The molecule has 3 saturated carbocycles. The molecule has 0 aromatic heterocycles. The van der Waals surface area contributed by atoms with Crippen molar-refractivity contribution in [3.05, 3.63) is 158 Å². The lowest BCUT2D eigenvalue weighted by molar-refractivity contribution is -0.154. The van der Waals surface area contributed by atoms with Crippen molar-refractivity contribution in [2.45, 2.75) is 113 Å². The van der Waals surface area contributed by atoms with Crippen LogP contribution in [0.4, 0.5) is 11.4 Å². The summed E-state index contributed by atoms with van der Waals surface area (Å²) in [7, 11) is 0. The van der Waals surface area contributed by atoms with Crippen molar-refractivity contribution in [3.63, 3.8) is 0 Å². The summed E-state index contributed by atoms with van der Waals surface area (Å²) in [5.74, 6) is 0. The minimum Gasteiger partial charge on any atom is -0.371 e. The van der Waals surface area contributed by atoms with E-state index in [1.54, 1.807) is 0 Å². The molecule has 292 valence electrons. The van der Waals surface area contributed by atoms with Gasteiger partial charge in [0.2, 0.25) is 0 Å². The number of benzene rings is 6. The zero-order valence-corrected chi connectivity index (χ0v) is 33.4. The number of hydrogen-bond donors (Lipinski definition) is 0. The average molecular weight is 763 g/mol. The molecule has 6 aromatic carbocycles. The summed E-state index contributed by atoms with van der Waals surface area (Å²) in [5, 5.41) is 0. The molecule has 5 aliphatic rings. The molecule has 8 atom stereocenters. The third-order valence-corrected chi connectivity index (χ3v) is 14.1. The first kappa shape index (κ1) is 36.0. The number of morpholine rings is 2. The van der Waals surface area contributed by atoms with Crippen LogP contribution >= 0.6 is 0 Å². The first-order valence-corrected chi connectivity index (χ1v) is 22.1. The SMILES string of the molecule is c1ccc(-c2cc(-c3ccccc3)cc(N3C4CCCCC4OC4CC5C(CC43)OC3CCCCC3N5c3cc(-c4ccccc4)cc(-c4ccccc4)c3)c2)cc1. The lowest BCUT2D eigenvalue weighted by atomic mass is 9.76. The molecule has 4 heteroatoms. The van der Waals surface area contributed by atoms with Crippen molar-refractivity contribution < 1.29 is 9.47 Å². The van der Waals surface area contributed by atoms with E-state index in [0.29, 0.717) is 12.1 Å². The molecule has 5 fully saturated rings. The molecule has 11 rings (SSSR count). The van der Waals surface area contributed by atoms with E-state index in [-0.39, 0.29) is 36.5 Å². The van der Waals surface area contributed by atoms with Gasteiger partial charge in [-0.05, 0) is 119 Å². The largest absolute Gasteiger partial charge is 0.371 e. The minimum absolute atomic E-state index is 0.123. The van der Waals surface area contributed by atoms with Crippen LogP contribution in [0.5, 0.6) is 0 Å². The van der Waals surface area contributed by atoms with E-state index in [1.807, 2.05) is 0 Å². The van der Waals surface area contributed by atoms with Gasteiger partial charge in [0, 0.05) is 11.4 Å². The van der Waals surface area contributed by atoms with Crippen LogP contribution in [-0.4, -0.2) is 48.6 Å². The molecule has 2 saturated heterocycles. The van der Waals surface area contributed by atoms with Gasteiger partial charge >= 0.3 is 0 Å². The van der Waals surface area contributed by atoms with Crippen LogP contribution in [0.3, 0.4) is 0 Å². The van der Waals surface area contributed by atoms with Gasteiger partial charge in [-0.25, -0.2) is 0 Å². The maximum absolute atomic E-state index is 7.41. The molecule has 4 nitrogen and oxygen atoms in total. The summed E-state index contributed by atoms with van der Waals surface area (Å²) in [6.45, 7) is 0. The van der Waals surface area contributed by atoms with E-state index in [4.69, 9.17) is 9.47 Å². The Hall–Kier alpha value is -5.16. The van der Waals surface area contributed by atoms with E-state index in [1.165, 1.54) is 94.4 Å². The maximum atomic E-state index is 7.41. The van der Waals surface area contributed by atoms with Crippen LogP contribution in [0.1, 0.15) is 64.2 Å². The van der Waals surface area contributed by atoms with Crippen molar-refractivity contribution in [3.8, 4) is 44.5 Å². The number of hydrogen-bond acceptors (Lipinski definition) is 4. The van der Waals surface area contributed by atoms with Gasteiger partial charge in [-0.3, -0.25) is 0 Å². The highest BCUT2D eigenvalue weighted by atomic mass is 16.5. The molecule has 0 amide bonds. The van der Waals surface area contributed by atoms with Crippen LogP contribution in [0.2, 0.25) is 0 Å². The third kappa shape index (κ3) is 6.74. The fourth-order valence-electron chi connectivity index (χ4n) is 11.5. The van der Waals surface area contributed by atoms with Crippen LogP contribution in [0, 0.1) is 0 Å². The molecule has 6 aromatic rings. The zero-order valence-electron chi connectivity index (χ0n) is 33.4. The number of ether oxygens (including phenoxy) is 2. The van der Waals surface area contributed by atoms with Crippen LogP contribution in [0.25, 0.3) is 44.5 Å². The number of fused-ring (bicyclic) bond motifs is 4. The van der Waals surface area contributed by atoms with Gasteiger partial charge in [0.05, 0.1) is 48.6 Å². The fraction of sp³-hybridized carbons (Fsp3) is 0.333. The summed E-state index contributed by atoms with van der Waals surface area (Å²) in [6.07, 6.45) is 12.3. The van der Waals surface area contributed by atoms with Crippen molar-refractivity contribution in [2.24, 2.45) is 0 Å². The molecule has 3 aliphatic carbocycles. The highest BCUT2D eigenvalue weighted by Crippen LogP contribution is 2.49. The Morgan fingerprint density at radius 3 is 0.948 bits per heavy atom. The lowest BCUT2D eigenvalue weighted by Crippen LogP contribution is -2.71. The summed E-state index contributed by atoms with van der Waals surface area (Å²) in [5.41, 5.74) is 12.8. The predicted octanol–water partition coefficient (Wildman–Crippen LogP) is 12.6. The molecular weight excluding hydrogens is 709 g/mol. The quantitative estimate of drug-likeness (QED) is 0.169. The molecule has 8 unspecified atom stereocenters. The molecule has 0 spiro atoms. The Kier molecular flexibility index (Phi) is 9.64. The van der Waals surface area contributed by atoms with Crippen molar-refractivity contribution in [2.75, 3.05) is 9.80 Å². The third-order valence-electron chi connectivity index (χ3n) is 14.1. The van der Waals surface area contributed by atoms with E-state index in [2.05, 4.69) is 168 Å². The zero-order chi connectivity index (χ0) is 38.4. The predicted molar refractivity (Wildman–Crippen MR) is 238 cm³/mol. The van der Waals surface area contributed by atoms with E-state index in [9.17, 15) is 0 Å². The highest BCUT2D eigenvalue weighted by molar-refractivity contribution is 5.80. The Morgan fingerprint density at radius 1 is 0.310 bits per heavy atom. The summed E-state index contributed by atoms with van der Waals surface area (Å²) in [4.78, 5) is 5.72. The molecule has 0 N–H and O–H groups in total. The molecule has 2 heterocycles. The molecule has 0 bridgehead atoms.